The summed E-state index contributed by atoms with van der Waals surface area (Å²) in [5.74, 6) is 0.148. The van der Waals surface area contributed by atoms with Gasteiger partial charge in [0.2, 0.25) is 0 Å². The molecular formula is C11H15ClN4O2. The SMILES string of the molecule is N/C(CCCNC(=O)Nc1ccc(Cl)cc1)=N/O. The van der Waals surface area contributed by atoms with Gasteiger partial charge in [-0.1, -0.05) is 16.8 Å². The van der Waals surface area contributed by atoms with Crippen LogP contribution >= 0.6 is 11.6 Å². The van der Waals surface area contributed by atoms with E-state index in [2.05, 4.69) is 15.8 Å². The van der Waals surface area contributed by atoms with Crippen LogP contribution in [0.2, 0.25) is 5.02 Å². The average molecular weight is 271 g/mol. The number of rotatable bonds is 5. The van der Waals surface area contributed by atoms with Crippen LogP contribution in [0.3, 0.4) is 0 Å². The molecule has 0 bridgehead atoms. The van der Waals surface area contributed by atoms with E-state index in [9.17, 15) is 4.79 Å². The fourth-order valence-corrected chi connectivity index (χ4v) is 1.36. The van der Waals surface area contributed by atoms with Gasteiger partial charge in [0.1, 0.15) is 5.84 Å². The highest BCUT2D eigenvalue weighted by atomic mass is 35.5. The fourth-order valence-electron chi connectivity index (χ4n) is 1.23. The summed E-state index contributed by atoms with van der Waals surface area (Å²) < 4.78 is 0. The highest BCUT2D eigenvalue weighted by Gasteiger charge is 2.01. The summed E-state index contributed by atoms with van der Waals surface area (Å²) in [6.07, 6.45) is 1.03. The Morgan fingerprint density at radius 2 is 2.06 bits per heavy atom. The minimum absolute atomic E-state index is 0.148. The molecule has 18 heavy (non-hydrogen) atoms. The van der Waals surface area contributed by atoms with E-state index in [-0.39, 0.29) is 11.9 Å². The number of benzene rings is 1. The smallest absolute Gasteiger partial charge is 0.319 e. The summed E-state index contributed by atoms with van der Waals surface area (Å²) in [5, 5.41) is 17.1. The number of carbonyl (C=O) groups is 1. The molecule has 1 aromatic rings. The molecule has 0 saturated carbocycles. The van der Waals surface area contributed by atoms with Gasteiger partial charge in [0.05, 0.1) is 0 Å². The lowest BCUT2D eigenvalue weighted by atomic mass is 10.3. The third-order valence-corrected chi connectivity index (χ3v) is 2.38. The van der Waals surface area contributed by atoms with E-state index in [1.54, 1.807) is 24.3 Å². The van der Waals surface area contributed by atoms with Gasteiger partial charge in [-0.05, 0) is 30.7 Å². The molecule has 0 aliphatic carbocycles. The molecule has 0 saturated heterocycles. The molecule has 0 heterocycles. The Bertz CT molecular complexity index is 420. The van der Waals surface area contributed by atoms with Crippen molar-refractivity contribution in [2.45, 2.75) is 12.8 Å². The van der Waals surface area contributed by atoms with Crippen molar-refractivity contribution in [2.75, 3.05) is 11.9 Å². The summed E-state index contributed by atoms with van der Waals surface area (Å²) >= 11 is 5.72. The third-order valence-electron chi connectivity index (χ3n) is 2.13. The topological polar surface area (TPSA) is 99.7 Å². The lowest BCUT2D eigenvalue weighted by Gasteiger charge is -2.07. The molecule has 0 fully saturated rings. The normalized spacial score (nSPS) is 11.1. The highest BCUT2D eigenvalue weighted by molar-refractivity contribution is 6.30. The van der Waals surface area contributed by atoms with Gasteiger partial charge in [-0.3, -0.25) is 0 Å². The van der Waals surface area contributed by atoms with Gasteiger partial charge >= 0.3 is 6.03 Å². The van der Waals surface area contributed by atoms with Gasteiger partial charge in [-0.25, -0.2) is 4.79 Å². The number of oxime groups is 1. The van der Waals surface area contributed by atoms with E-state index in [1.807, 2.05) is 0 Å². The van der Waals surface area contributed by atoms with Crippen LogP contribution in [0.1, 0.15) is 12.8 Å². The van der Waals surface area contributed by atoms with Crippen molar-refractivity contribution in [1.82, 2.24) is 5.32 Å². The van der Waals surface area contributed by atoms with Crippen LogP contribution in [0.25, 0.3) is 0 Å². The predicted molar refractivity (Wildman–Crippen MR) is 71.1 cm³/mol. The molecular weight excluding hydrogens is 256 g/mol. The van der Waals surface area contributed by atoms with Crippen LogP contribution < -0.4 is 16.4 Å². The zero-order valence-electron chi connectivity index (χ0n) is 9.69. The second kappa shape index (κ2) is 7.39. The molecule has 6 nitrogen and oxygen atoms in total. The first-order valence-electron chi connectivity index (χ1n) is 5.38. The van der Waals surface area contributed by atoms with Crippen molar-refractivity contribution in [3.63, 3.8) is 0 Å². The Morgan fingerprint density at radius 3 is 2.67 bits per heavy atom. The molecule has 2 amide bonds. The predicted octanol–water partition coefficient (Wildman–Crippen LogP) is 1.99. The zero-order valence-corrected chi connectivity index (χ0v) is 10.4. The summed E-state index contributed by atoms with van der Waals surface area (Å²) in [6, 6.07) is 6.48. The molecule has 0 atom stereocenters. The average Bonchev–Trinajstić information content (AvgIpc) is 2.37. The van der Waals surface area contributed by atoms with Gasteiger partial charge in [-0.15, -0.1) is 0 Å². The maximum absolute atomic E-state index is 11.4. The lowest BCUT2D eigenvalue weighted by molar-refractivity contribution is 0.252. The summed E-state index contributed by atoms with van der Waals surface area (Å²) in [6.45, 7) is 0.440. The van der Waals surface area contributed by atoms with Gasteiger partial charge in [0, 0.05) is 23.7 Å². The molecule has 5 N–H and O–H groups in total. The second-order valence-electron chi connectivity index (χ2n) is 3.58. The molecule has 1 rings (SSSR count). The van der Waals surface area contributed by atoms with Crippen LogP contribution in [0.5, 0.6) is 0 Å². The third kappa shape index (κ3) is 5.40. The number of carbonyl (C=O) groups excluding carboxylic acids is 1. The van der Waals surface area contributed by atoms with Crippen molar-refractivity contribution in [2.24, 2.45) is 10.9 Å². The molecule has 98 valence electrons. The minimum atomic E-state index is -0.308. The number of nitrogens with one attached hydrogen (secondary N) is 2. The molecule has 0 unspecified atom stereocenters. The van der Waals surface area contributed by atoms with E-state index in [1.165, 1.54) is 0 Å². The van der Waals surface area contributed by atoms with Crippen molar-refractivity contribution in [3.05, 3.63) is 29.3 Å². The Hall–Kier alpha value is -1.95. The maximum Gasteiger partial charge on any atom is 0.319 e. The van der Waals surface area contributed by atoms with Crippen molar-refractivity contribution < 1.29 is 10.0 Å². The Balaban J connectivity index is 2.23. The number of amidine groups is 1. The quantitative estimate of drug-likeness (QED) is 0.216. The lowest BCUT2D eigenvalue weighted by Crippen LogP contribution is -2.30. The largest absolute Gasteiger partial charge is 0.409 e. The summed E-state index contributed by atoms with van der Waals surface area (Å²) in [5.41, 5.74) is 5.95. The first-order chi connectivity index (χ1) is 8.61. The number of hydrogen-bond donors (Lipinski definition) is 4. The molecule has 1 aromatic carbocycles. The second-order valence-corrected chi connectivity index (χ2v) is 4.02. The van der Waals surface area contributed by atoms with Crippen molar-refractivity contribution in [1.29, 1.82) is 0 Å². The molecule has 7 heteroatoms. The summed E-state index contributed by atoms with van der Waals surface area (Å²) in [7, 11) is 0. The van der Waals surface area contributed by atoms with Crippen molar-refractivity contribution in [3.8, 4) is 0 Å². The van der Waals surface area contributed by atoms with Gasteiger partial charge < -0.3 is 21.6 Å². The van der Waals surface area contributed by atoms with Gasteiger partial charge in [-0.2, -0.15) is 0 Å². The van der Waals surface area contributed by atoms with E-state index < -0.39 is 0 Å². The van der Waals surface area contributed by atoms with Crippen LogP contribution in [0.4, 0.5) is 10.5 Å². The molecule has 0 spiro atoms. The molecule has 0 aromatic heterocycles. The monoisotopic (exact) mass is 270 g/mol. The maximum atomic E-state index is 11.4. The van der Waals surface area contributed by atoms with Crippen LogP contribution in [-0.2, 0) is 0 Å². The standard InChI is InChI=1S/C11H15ClN4O2/c12-8-3-5-9(6-4-8)15-11(17)14-7-1-2-10(13)16-18/h3-6,18H,1-2,7H2,(H2,13,16)(H2,14,15,17). The van der Waals surface area contributed by atoms with Gasteiger partial charge in [0.25, 0.3) is 0 Å². The van der Waals surface area contributed by atoms with Gasteiger partial charge in [0.15, 0.2) is 0 Å². The number of amides is 2. The number of nitrogens with zero attached hydrogens (tertiary/aromatic N) is 1. The number of hydrogen-bond acceptors (Lipinski definition) is 3. The fraction of sp³-hybridized carbons (Fsp3) is 0.273. The number of anilines is 1. The summed E-state index contributed by atoms with van der Waals surface area (Å²) in [4.78, 5) is 11.4. The van der Waals surface area contributed by atoms with E-state index in [0.29, 0.717) is 30.1 Å². The minimum Gasteiger partial charge on any atom is -0.409 e. The Labute approximate surface area is 110 Å². The highest BCUT2D eigenvalue weighted by Crippen LogP contribution is 2.12. The first-order valence-corrected chi connectivity index (χ1v) is 5.76. The zero-order chi connectivity index (χ0) is 13.4. The molecule has 0 aliphatic rings. The van der Waals surface area contributed by atoms with E-state index in [0.717, 1.165) is 0 Å². The Morgan fingerprint density at radius 1 is 1.39 bits per heavy atom. The van der Waals surface area contributed by atoms with Crippen molar-refractivity contribution >= 4 is 29.2 Å². The molecule has 0 radical (unpaired) electrons. The number of halogens is 1. The van der Waals surface area contributed by atoms with Crippen LogP contribution in [-0.4, -0.2) is 23.6 Å². The van der Waals surface area contributed by atoms with Crippen LogP contribution in [0, 0.1) is 0 Å². The first kappa shape index (κ1) is 14.1. The number of urea groups is 1. The van der Waals surface area contributed by atoms with E-state index >= 15 is 0 Å². The van der Waals surface area contributed by atoms with Crippen LogP contribution in [0.15, 0.2) is 29.4 Å². The van der Waals surface area contributed by atoms with E-state index in [4.69, 9.17) is 22.5 Å². The molecule has 0 aliphatic heterocycles. The number of nitrogens with two attached hydrogens (primary N) is 1. The Kier molecular flexibility index (Phi) is 5.79.